The Morgan fingerprint density at radius 2 is 1.91 bits per heavy atom. The second-order valence-corrected chi connectivity index (χ2v) is 5.08. The number of hydrogen-bond acceptors (Lipinski definition) is 5. The smallest absolute Gasteiger partial charge is 0.276 e. The zero-order valence-corrected chi connectivity index (χ0v) is 12.3. The van der Waals surface area contributed by atoms with Crippen molar-refractivity contribution in [2.24, 2.45) is 0 Å². The zero-order valence-electron chi connectivity index (χ0n) is 12.3. The van der Waals surface area contributed by atoms with E-state index in [4.69, 9.17) is 8.94 Å². The van der Waals surface area contributed by atoms with Crippen molar-refractivity contribution in [2.45, 2.75) is 13.3 Å². The van der Waals surface area contributed by atoms with Gasteiger partial charge in [-0.1, -0.05) is 12.1 Å². The highest BCUT2D eigenvalue weighted by atomic mass is 16.5. The van der Waals surface area contributed by atoms with Crippen LogP contribution in [-0.2, 0) is 4.79 Å². The molecule has 0 aliphatic carbocycles. The van der Waals surface area contributed by atoms with Gasteiger partial charge in [-0.25, -0.2) is 0 Å². The Balaban J connectivity index is 1.64. The van der Waals surface area contributed by atoms with E-state index in [0.717, 1.165) is 0 Å². The molecule has 0 aromatic carbocycles. The lowest BCUT2D eigenvalue weighted by atomic mass is 10.2. The van der Waals surface area contributed by atoms with Crippen LogP contribution in [0.1, 0.15) is 23.8 Å². The van der Waals surface area contributed by atoms with Gasteiger partial charge < -0.3 is 18.7 Å². The molecule has 3 heterocycles. The van der Waals surface area contributed by atoms with Crippen LogP contribution in [0, 0.1) is 0 Å². The minimum atomic E-state index is -0.190. The molecule has 1 fully saturated rings. The van der Waals surface area contributed by atoms with Crippen LogP contribution in [-0.4, -0.2) is 52.9 Å². The van der Waals surface area contributed by atoms with Crippen LogP contribution in [0.15, 0.2) is 33.4 Å². The van der Waals surface area contributed by atoms with Crippen molar-refractivity contribution in [3.63, 3.8) is 0 Å². The second kappa shape index (κ2) is 6.05. The van der Waals surface area contributed by atoms with Gasteiger partial charge in [0.1, 0.15) is 0 Å². The predicted molar refractivity (Wildman–Crippen MR) is 77.0 cm³/mol. The van der Waals surface area contributed by atoms with Crippen molar-refractivity contribution in [1.82, 2.24) is 15.0 Å². The van der Waals surface area contributed by atoms with Crippen LogP contribution in [0.25, 0.3) is 11.5 Å². The average Bonchev–Trinajstić information content (AvgIpc) is 3.24. The normalized spacial score (nSPS) is 15.1. The number of carbonyl (C=O) groups excluding carboxylic acids is 2. The first-order chi connectivity index (χ1) is 10.7. The van der Waals surface area contributed by atoms with E-state index in [9.17, 15) is 9.59 Å². The molecule has 0 radical (unpaired) electrons. The van der Waals surface area contributed by atoms with Crippen molar-refractivity contribution in [3.8, 4) is 11.5 Å². The Kier molecular flexibility index (Phi) is 3.95. The lowest BCUT2D eigenvalue weighted by Crippen LogP contribution is -2.50. The highest BCUT2D eigenvalue weighted by Crippen LogP contribution is 2.21. The maximum Gasteiger partial charge on any atom is 0.276 e. The Morgan fingerprint density at radius 1 is 1.18 bits per heavy atom. The van der Waals surface area contributed by atoms with Crippen molar-refractivity contribution in [1.29, 1.82) is 0 Å². The highest BCUT2D eigenvalue weighted by molar-refractivity contribution is 5.93. The molecule has 0 spiro atoms. The first-order valence-electron chi connectivity index (χ1n) is 7.26. The molecule has 0 N–H and O–H groups in total. The van der Waals surface area contributed by atoms with E-state index >= 15 is 0 Å². The molecule has 22 heavy (non-hydrogen) atoms. The number of aromatic nitrogens is 1. The van der Waals surface area contributed by atoms with Crippen LogP contribution >= 0.6 is 0 Å². The molecule has 7 heteroatoms. The van der Waals surface area contributed by atoms with Gasteiger partial charge in [-0.15, -0.1) is 0 Å². The summed E-state index contributed by atoms with van der Waals surface area (Å²) in [5.41, 5.74) is 0.252. The molecule has 3 rings (SSSR count). The Bertz CT molecular complexity index is 654. The van der Waals surface area contributed by atoms with Crippen molar-refractivity contribution >= 4 is 11.8 Å². The van der Waals surface area contributed by atoms with E-state index in [-0.39, 0.29) is 17.5 Å². The number of nitrogens with zero attached hydrogens (tertiary/aromatic N) is 3. The molecule has 1 aliphatic heterocycles. The third-order valence-corrected chi connectivity index (χ3v) is 3.72. The number of hydrogen-bond donors (Lipinski definition) is 0. The molecular formula is C15H17N3O4. The Hall–Kier alpha value is -2.57. The molecule has 2 amide bonds. The SMILES string of the molecule is CCC(=O)N1CCN(C(=O)c2cc(-c3ccco3)on2)CC1. The monoisotopic (exact) mass is 303 g/mol. The molecule has 2 aromatic heterocycles. The van der Waals surface area contributed by atoms with Crippen LogP contribution in [0.2, 0.25) is 0 Å². The van der Waals surface area contributed by atoms with Crippen molar-refractivity contribution < 1.29 is 18.5 Å². The summed E-state index contributed by atoms with van der Waals surface area (Å²) in [5, 5.41) is 3.81. The molecule has 1 saturated heterocycles. The van der Waals surface area contributed by atoms with E-state index in [2.05, 4.69) is 5.16 Å². The lowest BCUT2D eigenvalue weighted by Gasteiger charge is -2.34. The minimum absolute atomic E-state index is 0.119. The summed E-state index contributed by atoms with van der Waals surface area (Å²) in [6, 6.07) is 5.05. The molecule has 116 valence electrons. The summed E-state index contributed by atoms with van der Waals surface area (Å²) in [4.78, 5) is 27.5. The Morgan fingerprint density at radius 3 is 2.55 bits per heavy atom. The van der Waals surface area contributed by atoms with E-state index < -0.39 is 0 Å². The number of rotatable bonds is 3. The largest absolute Gasteiger partial charge is 0.461 e. The summed E-state index contributed by atoms with van der Waals surface area (Å²) in [7, 11) is 0. The van der Waals surface area contributed by atoms with Crippen molar-refractivity contribution in [3.05, 3.63) is 30.2 Å². The number of carbonyl (C=O) groups is 2. The minimum Gasteiger partial charge on any atom is -0.461 e. The number of piperazine rings is 1. The van der Waals surface area contributed by atoms with E-state index in [1.807, 2.05) is 6.92 Å². The standard InChI is InChI=1S/C15H17N3O4/c1-2-14(19)17-5-7-18(8-6-17)15(20)11-10-13(22-16-11)12-4-3-9-21-12/h3-4,9-10H,2,5-8H2,1H3. The molecular weight excluding hydrogens is 286 g/mol. The first-order valence-corrected chi connectivity index (χ1v) is 7.26. The average molecular weight is 303 g/mol. The van der Waals surface area contributed by atoms with Crippen LogP contribution in [0.4, 0.5) is 0 Å². The van der Waals surface area contributed by atoms with Gasteiger partial charge in [0.25, 0.3) is 5.91 Å². The molecule has 2 aromatic rings. The van der Waals surface area contributed by atoms with Gasteiger partial charge in [0.2, 0.25) is 11.7 Å². The summed E-state index contributed by atoms with van der Waals surface area (Å²) < 4.78 is 10.4. The quantitative estimate of drug-likeness (QED) is 0.861. The summed E-state index contributed by atoms with van der Waals surface area (Å²) in [6.45, 7) is 3.97. The zero-order chi connectivity index (χ0) is 15.5. The van der Waals surface area contributed by atoms with Gasteiger partial charge in [0.05, 0.1) is 6.26 Å². The van der Waals surface area contributed by atoms with Gasteiger partial charge in [-0.2, -0.15) is 0 Å². The fourth-order valence-corrected chi connectivity index (χ4v) is 2.46. The van der Waals surface area contributed by atoms with Gasteiger partial charge in [-0.3, -0.25) is 9.59 Å². The highest BCUT2D eigenvalue weighted by Gasteiger charge is 2.26. The van der Waals surface area contributed by atoms with Gasteiger partial charge in [0, 0.05) is 38.7 Å². The molecule has 0 bridgehead atoms. The third-order valence-electron chi connectivity index (χ3n) is 3.72. The van der Waals surface area contributed by atoms with Gasteiger partial charge in [-0.05, 0) is 12.1 Å². The lowest BCUT2D eigenvalue weighted by molar-refractivity contribution is -0.132. The van der Waals surface area contributed by atoms with E-state index in [0.29, 0.717) is 44.1 Å². The first kappa shape index (κ1) is 14.4. The molecule has 0 atom stereocenters. The second-order valence-electron chi connectivity index (χ2n) is 5.08. The van der Waals surface area contributed by atoms with Gasteiger partial charge in [0.15, 0.2) is 11.5 Å². The van der Waals surface area contributed by atoms with E-state index in [1.54, 1.807) is 28.0 Å². The van der Waals surface area contributed by atoms with Crippen LogP contribution in [0.3, 0.4) is 0 Å². The fraction of sp³-hybridized carbons (Fsp3) is 0.400. The molecule has 1 aliphatic rings. The third kappa shape index (κ3) is 2.74. The number of furan rings is 1. The topological polar surface area (TPSA) is 79.8 Å². The molecule has 0 unspecified atom stereocenters. The summed E-state index contributed by atoms with van der Waals surface area (Å²) >= 11 is 0. The maximum absolute atomic E-state index is 12.4. The maximum atomic E-state index is 12.4. The van der Waals surface area contributed by atoms with Crippen LogP contribution in [0.5, 0.6) is 0 Å². The molecule has 7 nitrogen and oxygen atoms in total. The number of amides is 2. The fourth-order valence-electron chi connectivity index (χ4n) is 2.46. The van der Waals surface area contributed by atoms with Crippen molar-refractivity contribution in [2.75, 3.05) is 26.2 Å². The summed E-state index contributed by atoms with van der Waals surface area (Å²) in [6.07, 6.45) is 2.02. The van der Waals surface area contributed by atoms with E-state index in [1.165, 1.54) is 6.26 Å². The van der Waals surface area contributed by atoms with Gasteiger partial charge >= 0.3 is 0 Å². The Labute approximate surface area is 127 Å². The summed E-state index contributed by atoms with van der Waals surface area (Å²) in [5.74, 6) is 0.886. The predicted octanol–water partition coefficient (Wildman–Crippen LogP) is 1.63. The van der Waals surface area contributed by atoms with Crippen LogP contribution < -0.4 is 0 Å². The molecule has 0 saturated carbocycles.